The third kappa shape index (κ3) is 3.67. The normalized spacial score (nSPS) is 18.8. The number of aromatic nitrogens is 2. The number of rotatable bonds is 5. The molecular formula is C17H21BrN4O2. The van der Waals surface area contributed by atoms with Gasteiger partial charge in [0.1, 0.15) is 6.04 Å². The molecule has 1 amide bonds. The number of amides is 1. The van der Waals surface area contributed by atoms with Crippen molar-refractivity contribution < 1.29 is 9.32 Å². The molecule has 1 aromatic heterocycles. The van der Waals surface area contributed by atoms with Gasteiger partial charge in [0.05, 0.1) is 0 Å². The van der Waals surface area contributed by atoms with Gasteiger partial charge in [-0.3, -0.25) is 4.79 Å². The second kappa shape index (κ2) is 7.44. The summed E-state index contributed by atoms with van der Waals surface area (Å²) in [7, 11) is 0. The summed E-state index contributed by atoms with van der Waals surface area (Å²) < 4.78 is 6.48. The van der Waals surface area contributed by atoms with Crippen molar-refractivity contribution in [1.82, 2.24) is 15.0 Å². The zero-order valence-corrected chi connectivity index (χ0v) is 15.2. The third-order valence-electron chi connectivity index (χ3n) is 4.36. The molecule has 1 aliphatic rings. The Balaban J connectivity index is 1.72. The van der Waals surface area contributed by atoms with Gasteiger partial charge in [0.15, 0.2) is 5.82 Å². The average molecular weight is 393 g/mol. The van der Waals surface area contributed by atoms with Crippen LogP contribution in [0, 0.1) is 5.92 Å². The van der Waals surface area contributed by atoms with Crippen LogP contribution in [-0.2, 0) is 11.2 Å². The Labute approximate surface area is 149 Å². The molecular weight excluding hydrogens is 372 g/mol. The highest BCUT2D eigenvalue weighted by Gasteiger charge is 2.35. The third-order valence-corrected chi connectivity index (χ3v) is 4.88. The van der Waals surface area contributed by atoms with Gasteiger partial charge in [0.25, 0.3) is 0 Å². The molecule has 128 valence electrons. The lowest BCUT2D eigenvalue weighted by Gasteiger charge is -2.24. The van der Waals surface area contributed by atoms with E-state index in [1.54, 1.807) is 0 Å². The summed E-state index contributed by atoms with van der Waals surface area (Å²) in [5.41, 5.74) is 6.74. The molecule has 1 saturated heterocycles. The Morgan fingerprint density at radius 3 is 2.92 bits per heavy atom. The number of hydrogen-bond acceptors (Lipinski definition) is 5. The molecule has 24 heavy (non-hydrogen) atoms. The molecule has 2 heterocycles. The maximum atomic E-state index is 12.4. The lowest BCUT2D eigenvalue weighted by atomic mass is 10.1. The fourth-order valence-electron chi connectivity index (χ4n) is 2.93. The molecule has 1 aliphatic heterocycles. The zero-order chi connectivity index (χ0) is 17.1. The Morgan fingerprint density at radius 1 is 1.46 bits per heavy atom. The van der Waals surface area contributed by atoms with E-state index in [2.05, 4.69) is 26.1 Å². The van der Waals surface area contributed by atoms with Gasteiger partial charge >= 0.3 is 0 Å². The van der Waals surface area contributed by atoms with E-state index in [9.17, 15) is 4.79 Å². The quantitative estimate of drug-likeness (QED) is 0.844. The van der Waals surface area contributed by atoms with Crippen molar-refractivity contribution in [1.29, 1.82) is 0 Å². The fraction of sp³-hybridized carbons (Fsp3) is 0.471. The topological polar surface area (TPSA) is 85.3 Å². The molecule has 3 rings (SSSR count). The number of halogens is 1. The molecule has 1 fully saturated rings. The SMILES string of the molecule is CC(CN)C(=O)N1CCCC1c1nc(Cc2ccc(Br)cc2)no1. The van der Waals surface area contributed by atoms with Crippen LogP contribution in [0.4, 0.5) is 0 Å². The molecule has 6 nitrogen and oxygen atoms in total. The Hall–Kier alpha value is -1.73. The first-order valence-corrected chi connectivity index (χ1v) is 8.95. The summed E-state index contributed by atoms with van der Waals surface area (Å²) in [4.78, 5) is 18.8. The minimum atomic E-state index is -0.184. The van der Waals surface area contributed by atoms with E-state index in [0.717, 1.165) is 29.4 Å². The van der Waals surface area contributed by atoms with Crippen molar-refractivity contribution in [3.8, 4) is 0 Å². The van der Waals surface area contributed by atoms with Gasteiger partial charge in [-0.25, -0.2) is 0 Å². The zero-order valence-electron chi connectivity index (χ0n) is 13.6. The van der Waals surface area contributed by atoms with E-state index in [0.29, 0.717) is 24.7 Å². The van der Waals surface area contributed by atoms with Gasteiger partial charge in [-0.15, -0.1) is 0 Å². The Kier molecular flexibility index (Phi) is 5.30. The van der Waals surface area contributed by atoms with Crippen LogP contribution >= 0.6 is 15.9 Å². The number of nitrogens with two attached hydrogens (primary N) is 1. The minimum absolute atomic E-state index is 0.0626. The van der Waals surface area contributed by atoms with Gasteiger partial charge in [0, 0.05) is 29.9 Å². The van der Waals surface area contributed by atoms with Crippen LogP contribution < -0.4 is 5.73 Å². The summed E-state index contributed by atoms with van der Waals surface area (Å²) >= 11 is 3.42. The molecule has 0 radical (unpaired) electrons. The van der Waals surface area contributed by atoms with Crippen LogP contribution in [0.2, 0.25) is 0 Å². The highest BCUT2D eigenvalue weighted by Crippen LogP contribution is 2.32. The fourth-order valence-corrected chi connectivity index (χ4v) is 3.19. The van der Waals surface area contributed by atoms with Gasteiger partial charge in [-0.2, -0.15) is 4.98 Å². The Morgan fingerprint density at radius 2 is 2.21 bits per heavy atom. The highest BCUT2D eigenvalue weighted by atomic mass is 79.9. The van der Waals surface area contributed by atoms with Crippen LogP contribution in [0.1, 0.15) is 43.1 Å². The molecule has 1 aromatic carbocycles. The molecule has 2 N–H and O–H groups in total. The van der Waals surface area contributed by atoms with Gasteiger partial charge < -0.3 is 15.2 Å². The van der Waals surface area contributed by atoms with E-state index in [1.165, 1.54) is 0 Å². The van der Waals surface area contributed by atoms with E-state index in [1.807, 2.05) is 36.1 Å². The predicted molar refractivity (Wildman–Crippen MR) is 93.2 cm³/mol. The summed E-state index contributed by atoms with van der Waals surface area (Å²) in [6.45, 7) is 2.92. The molecule has 0 aliphatic carbocycles. The number of likely N-dealkylation sites (tertiary alicyclic amines) is 1. The number of carbonyl (C=O) groups excluding carboxylic acids is 1. The first-order chi connectivity index (χ1) is 11.6. The molecule has 7 heteroatoms. The van der Waals surface area contributed by atoms with Crippen molar-refractivity contribution in [2.24, 2.45) is 11.7 Å². The predicted octanol–water partition coefficient (Wildman–Crippen LogP) is 2.68. The molecule has 2 atom stereocenters. The lowest BCUT2D eigenvalue weighted by molar-refractivity contribution is -0.136. The van der Waals surface area contributed by atoms with E-state index in [4.69, 9.17) is 10.3 Å². The Bertz CT molecular complexity index is 701. The minimum Gasteiger partial charge on any atom is -0.337 e. The van der Waals surface area contributed by atoms with Crippen LogP contribution in [0.15, 0.2) is 33.3 Å². The van der Waals surface area contributed by atoms with E-state index >= 15 is 0 Å². The summed E-state index contributed by atoms with van der Waals surface area (Å²) in [6.07, 6.45) is 2.40. The van der Waals surface area contributed by atoms with E-state index in [-0.39, 0.29) is 17.9 Å². The molecule has 0 bridgehead atoms. The van der Waals surface area contributed by atoms with Crippen molar-refractivity contribution >= 4 is 21.8 Å². The maximum absolute atomic E-state index is 12.4. The highest BCUT2D eigenvalue weighted by molar-refractivity contribution is 9.10. The van der Waals surface area contributed by atoms with Crippen LogP contribution in [0.25, 0.3) is 0 Å². The summed E-state index contributed by atoms with van der Waals surface area (Å²) in [5, 5.41) is 4.08. The monoisotopic (exact) mass is 392 g/mol. The largest absolute Gasteiger partial charge is 0.337 e. The second-order valence-electron chi connectivity index (χ2n) is 6.18. The average Bonchev–Trinajstić information content (AvgIpc) is 3.24. The second-order valence-corrected chi connectivity index (χ2v) is 7.09. The van der Waals surface area contributed by atoms with Gasteiger partial charge in [-0.1, -0.05) is 40.1 Å². The summed E-state index contributed by atoms with van der Waals surface area (Å²) in [5.74, 6) is 1.04. The summed E-state index contributed by atoms with van der Waals surface area (Å²) in [6, 6.07) is 7.89. The van der Waals surface area contributed by atoms with Gasteiger partial charge in [0.2, 0.25) is 11.8 Å². The maximum Gasteiger partial charge on any atom is 0.249 e. The van der Waals surface area contributed by atoms with Gasteiger partial charge in [-0.05, 0) is 30.5 Å². The number of benzene rings is 1. The van der Waals surface area contributed by atoms with Crippen molar-refractivity contribution in [3.63, 3.8) is 0 Å². The number of hydrogen-bond donors (Lipinski definition) is 1. The van der Waals surface area contributed by atoms with Crippen molar-refractivity contribution in [2.45, 2.75) is 32.2 Å². The lowest BCUT2D eigenvalue weighted by Crippen LogP contribution is -2.37. The smallest absolute Gasteiger partial charge is 0.249 e. The van der Waals surface area contributed by atoms with Crippen LogP contribution in [-0.4, -0.2) is 34.0 Å². The molecule has 2 unspecified atom stereocenters. The number of carbonyl (C=O) groups is 1. The van der Waals surface area contributed by atoms with E-state index < -0.39 is 0 Å². The van der Waals surface area contributed by atoms with Crippen molar-refractivity contribution in [2.75, 3.05) is 13.1 Å². The first-order valence-electron chi connectivity index (χ1n) is 8.16. The standard InChI is InChI=1S/C17H21BrN4O2/c1-11(10-19)17(23)22-8-2-3-14(22)16-20-15(21-24-16)9-12-4-6-13(18)7-5-12/h4-7,11,14H,2-3,8-10,19H2,1H3. The number of nitrogens with zero attached hydrogens (tertiary/aromatic N) is 3. The molecule has 0 saturated carbocycles. The first kappa shape index (κ1) is 17.1. The van der Waals surface area contributed by atoms with Crippen molar-refractivity contribution in [3.05, 3.63) is 46.0 Å². The molecule has 2 aromatic rings. The van der Waals surface area contributed by atoms with Crippen LogP contribution in [0.3, 0.4) is 0 Å². The molecule has 0 spiro atoms. The van der Waals surface area contributed by atoms with Crippen LogP contribution in [0.5, 0.6) is 0 Å².